The molecule has 10 atom stereocenters. The first-order chi connectivity index (χ1) is 42.7. The van der Waals surface area contributed by atoms with Crippen LogP contribution >= 0.6 is 0 Å². The van der Waals surface area contributed by atoms with Crippen LogP contribution in [0.15, 0.2) is 237 Å². The second-order valence-electron chi connectivity index (χ2n) is 21.3. The van der Waals surface area contributed by atoms with Crippen LogP contribution in [0.2, 0.25) is 0 Å². The zero-order chi connectivity index (χ0) is 59.9. The highest BCUT2D eigenvalue weighted by molar-refractivity contribution is 7.86. The molecule has 2 aliphatic rings. The van der Waals surface area contributed by atoms with E-state index in [1.807, 2.05) is 212 Å². The molecule has 0 bridgehead atoms. The lowest BCUT2D eigenvalue weighted by atomic mass is 9.90. The summed E-state index contributed by atoms with van der Waals surface area (Å²) in [5, 5.41) is 0. The number of hydrogen-bond donors (Lipinski definition) is 0. The highest BCUT2D eigenvalue weighted by Crippen LogP contribution is 2.43. The SMILES string of the molecule is CCOS(=O)(=O)C[C@]1(O[C@H]2[C@H](OCc3ccccc3)[C@@H](OCc3ccccc3)[C@@H](Oc3ccc(OC)cc3)O[C@@H]2COCc2ccccc2)O[C@H](COCc2ccccc2)[C@@H](OCc2ccccc2)[C@H](OCc2ccccc2)[C@H]1OCc1ccccc1. The lowest BCUT2D eigenvalue weighted by molar-refractivity contribution is -0.409. The third kappa shape index (κ3) is 18.2. The smallest absolute Gasteiger partial charge is 0.272 e. The van der Waals surface area contributed by atoms with Gasteiger partial charge in [-0.25, -0.2) is 0 Å². The molecule has 0 aromatic heterocycles. The fourth-order valence-corrected chi connectivity index (χ4v) is 11.9. The molecule has 2 saturated heterocycles. The average molecular weight is 1200 g/mol. The molecule has 0 unspecified atom stereocenters. The van der Waals surface area contributed by atoms with Crippen LogP contribution in [0.4, 0.5) is 0 Å². The average Bonchev–Trinajstić information content (AvgIpc) is 1.09. The Morgan fingerprint density at radius 1 is 0.402 bits per heavy atom. The molecule has 2 heterocycles. The van der Waals surface area contributed by atoms with Crippen molar-refractivity contribution in [2.24, 2.45) is 0 Å². The van der Waals surface area contributed by atoms with Crippen LogP contribution in [0.25, 0.3) is 0 Å². The monoisotopic (exact) mass is 1200 g/mol. The van der Waals surface area contributed by atoms with Gasteiger partial charge < -0.3 is 56.8 Å². The lowest BCUT2D eigenvalue weighted by Gasteiger charge is -2.55. The van der Waals surface area contributed by atoms with Gasteiger partial charge in [0.05, 0.1) is 73.2 Å². The van der Waals surface area contributed by atoms with Gasteiger partial charge in [0.15, 0.2) is 0 Å². The Balaban J connectivity index is 1.16. The molecule has 10 rings (SSSR count). The molecule has 87 heavy (non-hydrogen) atoms. The zero-order valence-corrected chi connectivity index (χ0v) is 49.8. The van der Waals surface area contributed by atoms with Gasteiger partial charge in [-0.3, -0.25) is 4.18 Å². The predicted molar refractivity (Wildman–Crippen MR) is 327 cm³/mol. The van der Waals surface area contributed by atoms with Crippen molar-refractivity contribution in [2.45, 2.75) is 114 Å². The Bertz CT molecular complexity index is 3320. The van der Waals surface area contributed by atoms with Crippen molar-refractivity contribution in [1.29, 1.82) is 0 Å². The Morgan fingerprint density at radius 2 is 0.770 bits per heavy atom. The summed E-state index contributed by atoms with van der Waals surface area (Å²) in [5.41, 5.74) is 5.99. The van der Waals surface area contributed by atoms with Crippen LogP contribution in [-0.4, -0.2) is 102 Å². The van der Waals surface area contributed by atoms with Crippen molar-refractivity contribution in [3.8, 4) is 11.5 Å². The molecule has 16 heteroatoms. The first-order valence-corrected chi connectivity index (χ1v) is 31.0. The van der Waals surface area contributed by atoms with E-state index in [4.69, 9.17) is 61.0 Å². The molecule has 2 fully saturated rings. The minimum Gasteiger partial charge on any atom is -0.497 e. The van der Waals surface area contributed by atoms with Gasteiger partial charge in [-0.15, -0.1) is 0 Å². The van der Waals surface area contributed by atoms with Crippen LogP contribution in [0.3, 0.4) is 0 Å². The molecule has 15 nitrogen and oxygen atoms in total. The summed E-state index contributed by atoms with van der Waals surface area (Å²) in [6.45, 7) is 1.81. The third-order valence-electron chi connectivity index (χ3n) is 14.9. The van der Waals surface area contributed by atoms with Gasteiger partial charge in [0.2, 0.25) is 12.1 Å². The van der Waals surface area contributed by atoms with Gasteiger partial charge in [0.25, 0.3) is 10.1 Å². The van der Waals surface area contributed by atoms with E-state index in [0.29, 0.717) is 11.5 Å². The minimum absolute atomic E-state index is 0.0419. The molecular weight excluding hydrogens is 1120 g/mol. The second kappa shape index (κ2) is 32.2. The number of benzene rings is 8. The summed E-state index contributed by atoms with van der Waals surface area (Å²) in [6.07, 6.45) is -10.5. The minimum atomic E-state index is -4.61. The van der Waals surface area contributed by atoms with E-state index >= 15 is 8.42 Å². The molecule has 8 aromatic rings. The number of hydrogen-bond acceptors (Lipinski definition) is 15. The molecule has 0 radical (unpaired) electrons. The Kier molecular flexibility index (Phi) is 23.3. The largest absolute Gasteiger partial charge is 0.497 e. The molecule has 0 N–H and O–H groups in total. The van der Waals surface area contributed by atoms with Gasteiger partial charge >= 0.3 is 0 Å². The first kappa shape index (κ1) is 62.9. The summed E-state index contributed by atoms with van der Waals surface area (Å²) in [5.74, 6) is -2.22. The molecular formula is C71H76O15S. The maximum atomic E-state index is 15.1. The number of methoxy groups -OCH3 is 1. The molecule has 0 amide bonds. The van der Waals surface area contributed by atoms with Crippen LogP contribution in [0, 0.1) is 0 Å². The number of ether oxygens (including phenoxy) is 12. The highest BCUT2D eigenvalue weighted by Gasteiger charge is 2.63. The lowest BCUT2D eigenvalue weighted by Crippen LogP contribution is -2.73. The fourth-order valence-electron chi connectivity index (χ4n) is 10.7. The van der Waals surface area contributed by atoms with E-state index in [-0.39, 0.29) is 66.1 Å². The highest BCUT2D eigenvalue weighted by atomic mass is 32.2. The molecule has 0 saturated carbocycles. The van der Waals surface area contributed by atoms with Crippen molar-refractivity contribution < 1.29 is 69.4 Å². The zero-order valence-electron chi connectivity index (χ0n) is 49.0. The van der Waals surface area contributed by atoms with Gasteiger partial charge in [-0.2, -0.15) is 8.42 Å². The summed E-state index contributed by atoms with van der Waals surface area (Å²) in [7, 11) is -3.02. The first-order valence-electron chi connectivity index (χ1n) is 29.4. The predicted octanol–water partition coefficient (Wildman–Crippen LogP) is 12.0. The van der Waals surface area contributed by atoms with Gasteiger partial charge in [0.1, 0.15) is 66.1 Å². The molecule has 8 aromatic carbocycles. The van der Waals surface area contributed by atoms with Crippen molar-refractivity contribution in [2.75, 3.05) is 32.7 Å². The molecule has 2 aliphatic heterocycles. The van der Waals surface area contributed by atoms with Crippen LogP contribution in [0.1, 0.15) is 45.9 Å². The standard InChI is InChI=1S/C71H76O15S/c1-3-82-87(72,73)52-71(69(81-49-59-37-23-10-24-38-59)67(79-47-57-33-19-8-20-34-57)64(77-45-55-29-15-6-16-30-55)63(85-71)51-76-44-54-27-13-5-14-28-54)86-65-62(50-75-43-53-25-11-4-12-26-53)84-70(83-61-41-39-60(74-2)40-42-61)68(80-48-58-35-21-9-22-36-58)66(65)78-46-56-31-17-7-18-32-56/h4-42,62-70H,3,43-52H2,1-2H3/t62-,63-,64-,65-,66+,67+,68-,69-,70+,71-/m1/s1. The van der Waals surface area contributed by atoms with Crippen molar-refractivity contribution >= 4 is 10.1 Å². The van der Waals surface area contributed by atoms with E-state index in [0.717, 1.165) is 38.9 Å². The molecule has 0 aliphatic carbocycles. The van der Waals surface area contributed by atoms with Crippen LogP contribution in [-0.2, 0) is 108 Å². The van der Waals surface area contributed by atoms with Crippen molar-refractivity contribution in [3.63, 3.8) is 0 Å². The Labute approximate surface area is 511 Å². The van der Waals surface area contributed by atoms with E-state index in [9.17, 15) is 0 Å². The normalized spacial score (nSPS) is 23.0. The quantitative estimate of drug-likeness (QED) is 0.0367. The van der Waals surface area contributed by atoms with Crippen LogP contribution in [0.5, 0.6) is 11.5 Å². The Hall–Kier alpha value is -7.13. The summed E-state index contributed by atoms with van der Waals surface area (Å²) in [6, 6.07) is 75.1. The van der Waals surface area contributed by atoms with Crippen molar-refractivity contribution in [3.05, 3.63) is 276 Å². The maximum absolute atomic E-state index is 15.1. The van der Waals surface area contributed by atoms with E-state index in [1.54, 1.807) is 38.3 Å². The summed E-state index contributed by atoms with van der Waals surface area (Å²) >= 11 is 0. The summed E-state index contributed by atoms with van der Waals surface area (Å²) < 4.78 is 120. The van der Waals surface area contributed by atoms with Crippen molar-refractivity contribution in [1.82, 2.24) is 0 Å². The number of rotatable bonds is 32. The van der Waals surface area contributed by atoms with E-state index < -0.39 is 76.8 Å². The van der Waals surface area contributed by atoms with Gasteiger partial charge in [-0.05, 0) is 70.1 Å². The van der Waals surface area contributed by atoms with E-state index in [2.05, 4.69) is 0 Å². The van der Waals surface area contributed by atoms with E-state index in [1.165, 1.54) is 0 Å². The maximum Gasteiger partial charge on any atom is 0.272 e. The van der Waals surface area contributed by atoms with Crippen LogP contribution < -0.4 is 9.47 Å². The topological polar surface area (TPSA) is 154 Å². The molecule has 0 spiro atoms. The second-order valence-corrected chi connectivity index (χ2v) is 22.9. The van der Waals surface area contributed by atoms with Gasteiger partial charge in [0, 0.05) is 0 Å². The third-order valence-corrected chi connectivity index (χ3v) is 16.2. The van der Waals surface area contributed by atoms with Gasteiger partial charge in [-0.1, -0.05) is 212 Å². The summed E-state index contributed by atoms with van der Waals surface area (Å²) in [4.78, 5) is 0. The Morgan fingerprint density at radius 3 is 1.20 bits per heavy atom. The molecule has 456 valence electrons. The fraction of sp³-hybridized carbons (Fsp3) is 0.324.